The molecule has 0 N–H and O–H groups in total. The molecule has 4 aromatic rings. The van der Waals surface area contributed by atoms with Crippen LogP contribution >= 0.6 is 12.4 Å². The molecule has 178 valence electrons. The standard InChI is InChI=1S/C29H31NO3.ClH/c1-30(2)17-18-33-25-10-5-21(6-11-25)19-29-27(22-7-12-24(31-3)13-8-22)15-9-23-20-26(32-4)14-16-28(23)29;/h5-16,20H,17-19H2,1-4H3;1H. The lowest BCUT2D eigenvalue weighted by molar-refractivity contribution is 0.261. The van der Waals surface area contributed by atoms with E-state index in [2.05, 4.69) is 65.6 Å². The molecule has 0 aliphatic carbocycles. The van der Waals surface area contributed by atoms with Crippen molar-refractivity contribution in [1.82, 2.24) is 4.90 Å². The Morgan fingerprint density at radius 3 is 2.00 bits per heavy atom. The minimum absolute atomic E-state index is 0. The number of fused-ring (bicyclic) bond motifs is 1. The van der Waals surface area contributed by atoms with Gasteiger partial charge in [-0.15, -0.1) is 12.4 Å². The molecular formula is C29H32ClNO3. The van der Waals surface area contributed by atoms with Crippen LogP contribution in [0.4, 0.5) is 0 Å². The Kier molecular flexibility index (Phi) is 8.80. The second-order valence-corrected chi connectivity index (χ2v) is 8.38. The molecule has 0 aliphatic heterocycles. The summed E-state index contributed by atoms with van der Waals surface area (Å²) in [7, 11) is 7.49. The largest absolute Gasteiger partial charge is 0.497 e. The number of likely N-dealkylation sites (N-methyl/N-ethyl adjacent to an activating group) is 1. The third-order valence-electron chi connectivity index (χ3n) is 5.85. The quantitative estimate of drug-likeness (QED) is 0.276. The first kappa shape index (κ1) is 25.4. The van der Waals surface area contributed by atoms with Crippen molar-refractivity contribution < 1.29 is 14.2 Å². The third-order valence-corrected chi connectivity index (χ3v) is 5.85. The van der Waals surface area contributed by atoms with Gasteiger partial charge in [-0.25, -0.2) is 0 Å². The van der Waals surface area contributed by atoms with Gasteiger partial charge in [0.25, 0.3) is 0 Å². The number of methoxy groups -OCH3 is 2. The van der Waals surface area contributed by atoms with Crippen LogP contribution in [0.2, 0.25) is 0 Å². The first-order valence-electron chi connectivity index (χ1n) is 11.2. The summed E-state index contributed by atoms with van der Waals surface area (Å²) >= 11 is 0. The number of hydrogen-bond donors (Lipinski definition) is 0. The first-order valence-corrected chi connectivity index (χ1v) is 11.2. The van der Waals surface area contributed by atoms with Crippen LogP contribution in [0.1, 0.15) is 11.1 Å². The molecule has 0 amide bonds. The lowest BCUT2D eigenvalue weighted by Crippen LogP contribution is -2.19. The van der Waals surface area contributed by atoms with Gasteiger partial charge in [0.1, 0.15) is 23.9 Å². The summed E-state index contributed by atoms with van der Waals surface area (Å²) in [5.41, 5.74) is 4.93. The van der Waals surface area contributed by atoms with Crippen molar-refractivity contribution >= 4 is 23.2 Å². The Morgan fingerprint density at radius 1 is 0.706 bits per heavy atom. The fraction of sp³-hybridized carbons (Fsp3) is 0.241. The van der Waals surface area contributed by atoms with Crippen molar-refractivity contribution in [2.45, 2.75) is 6.42 Å². The molecule has 4 rings (SSSR count). The number of hydrogen-bond acceptors (Lipinski definition) is 4. The lowest BCUT2D eigenvalue weighted by atomic mass is 9.90. The molecule has 4 aromatic carbocycles. The summed E-state index contributed by atoms with van der Waals surface area (Å²) in [6.07, 6.45) is 0.822. The summed E-state index contributed by atoms with van der Waals surface area (Å²) in [5, 5.41) is 2.40. The average molecular weight is 478 g/mol. The number of ether oxygens (including phenoxy) is 3. The average Bonchev–Trinajstić information content (AvgIpc) is 2.85. The van der Waals surface area contributed by atoms with E-state index < -0.39 is 0 Å². The molecule has 0 bridgehead atoms. The monoisotopic (exact) mass is 477 g/mol. The normalized spacial score (nSPS) is 10.7. The van der Waals surface area contributed by atoms with Crippen molar-refractivity contribution in [1.29, 1.82) is 0 Å². The molecule has 0 saturated carbocycles. The Hall–Kier alpha value is -3.21. The van der Waals surface area contributed by atoms with E-state index in [4.69, 9.17) is 14.2 Å². The van der Waals surface area contributed by atoms with Gasteiger partial charge in [0.15, 0.2) is 0 Å². The predicted molar refractivity (Wildman–Crippen MR) is 143 cm³/mol. The highest BCUT2D eigenvalue weighted by atomic mass is 35.5. The van der Waals surface area contributed by atoms with Gasteiger partial charge in [-0.05, 0) is 89.9 Å². The fourth-order valence-electron chi connectivity index (χ4n) is 3.98. The van der Waals surface area contributed by atoms with Gasteiger partial charge in [0.05, 0.1) is 14.2 Å². The van der Waals surface area contributed by atoms with Crippen LogP contribution in [0.5, 0.6) is 17.2 Å². The summed E-state index contributed by atoms with van der Waals surface area (Å²) in [4.78, 5) is 2.12. The predicted octanol–water partition coefficient (Wildman–Crippen LogP) is 6.48. The second-order valence-electron chi connectivity index (χ2n) is 8.38. The smallest absolute Gasteiger partial charge is 0.119 e. The van der Waals surface area contributed by atoms with Crippen molar-refractivity contribution in [2.75, 3.05) is 41.5 Å². The van der Waals surface area contributed by atoms with Crippen LogP contribution < -0.4 is 14.2 Å². The molecule has 0 spiro atoms. The number of nitrogens with zero attached hydrogens (tertiary/aromatic N) is 1. The number of rotatable bonds is 9. The lowest BCUT2D eigenvalue weighted by Gasteiger charge is -2.16. The molecule has 0 atom stereocenters. The minimum Gasteiger partial charge on any atom is -0.497 e. The van der Waals surface area contributed by atoms with E-state index in [1.54, 1.807) is 14.2 Å². The number of halogens is 1. The second kappa shape index (κ2) is 11.8. The highest BCUT2D eigenvalue weighted by Crippen LogP contribution is 2.34. The summed E-state index contributed by atoms with van der Waals surface area (Å²) < 4.78 is 16.7. The van der Waals surface area contributed by atoms with Crippen molar-refractivity contribution in [2.24, 2.45) is 0 Å². The van der Waals surface area contributed by atoms with Crippen LogP contribution in [0.3, 0.4) is 0 Å². The molecule has 5 heteroatoms. The van der Waals surface area contributed by atoms with E-state index >= 15 is 0 Å². The summed E-state index contributed by atoms with van der Waals surface area (Å²) in [6, 6.07) is 27.4. The molecule has 0 unspecified atom stereocenters. The van der Waals surface area contributed by atoms with E-state index in [0.717, 1.165) is 30.2 Å². The molecule has 0 aromatic heterocycles. The van der Waals surface area contributed by atoms with E-state index in [0.29, 0.717) is 6.61 Å². The molecule has 34 heavy (non-hydrogen) atoms. The van der Waals surface area contributed by atoms with Gasteiger partial charge < -0.3 is 19.1 Å². The topological polar surface area (TPSA) is 30.9 Å². The van der Waals surface area contributed by atoms with Gasteiger partial charge in [0.2, 0.25) is 0 Å². The fourth-order valence-corrected chi connectivity index (χ4v) is 3.98. The highest BCUT2D eigenvalue weighted by Gasteiger charge is 2.12. The Balaban J connectivity index is 0.00000324. The SMILES string of the molecule is COc1ccc(-c2ccc3cc(OC)ccc3c2Cc2ccc(OCCN(C)C)cc2)cc1.Cl. The van der Waals surface area contributed by atoms with Crippen molar-refractivity contribution in [3.8, 4) is 28.4 Å². The van der Waals surface area contributed by atoms with E-state index in [9.17, 15) is 0 Å². The first-order chi connectivity index (χ1) is 16.1. The van der Waals surface area contributed by atoms with E-state index in [-0.39, 0.29) is 12.4 Å². The Morgan fingerprint density at radius 2 is 1.35 bits per heavy atom. The zero-order valence-corrected chi connectivity index (χ0v) is 21.0. The van der Waals surface area contributed by atoms with Crippen LogP contribution in [-0.2, 0) is 6.42 Å². The molecule has 0 radical (unpaired) electrons. The highest BCUT2D eigenvalue weighted by molar-refractivity contribution is 5.93. The van der Waals surface area contributed by atoms with E-state index in [1.165, 1.54) is 33.0 Å². The Labute approximate surface area is 208 Å². The maximum Gasteiger partial charge on any atom is 0.119 e. The van der Waals surface area contributed by atoms with Crippen LogP contribution in [-0.4, -0.2) is 46.4 Å². The third kappa shape index (κ3) is 6.02. The van der Waals surface area contributed by atoms with Gasteiger partial charge in [-0.2, -0.15) is 0 Å². The van der Waals surface area contributed by atoms with Gasteiger partial charge >= 0.3 is 0 Å². The molecule has 0 saturated heterocycles. The van der Waals surface area contributed by atoms with Crippen LogP contribution in [0, 0.1) is 0 Å². The molecule has 4 nitrogen and oxygen atoms in total. The number of benzene rings is 4. The zero-order valence-electron chi connectivity index (χ0n) is 20.2. The van der Waals surface area contributed by atoms with Crippen molar-refractivity contribution in [3.63, 3.8) is 0 Å². The zero-order chi connectivity index (χ0) is 23.2. The molecule has 0 heterocycles. The molecule has 0 aliphatic rings. The van der Waals surface area contributed by atoms with Crippen LogP contribution in [0.25, 0.3) is 21.9 Å². The van der Waals surface area contributed by atoms with Crippen LogP contribution in [0.15, 0.2) is 78.9 Å². The maximum absolute atomic E-state index is 5.87. The maximum atomic E-state index is 5.87. The minimum atomic E-state index is 0. The van der Waals surface area contributed by atoms with E-state index in [1.807, 2.05) is 32.3 Å². The Bertz CT molecular complexity index is 1200. The molecular weight excluding hydrogens is 446 g/mol. The molecule has 0 fully saturated rings. The summed E-state index contributed by atoms with van der Waals surface area (Å²) in [6.45, 7) is 1.57. The van der Waals surface area contributed by atoms with Gasteiger partial charge in [-0.1, -0.05) is 42.5 Å². The van der Waals surface area contributed by atoms with Crippen molar-refractivity contribution in [3.05, 3.63) is 90.0 Å². The van der Waals surface area contributed by atoms with Gasteiger partial charge in [-0.3, -0.25) is 0 Å². The summed E-state index contributed by atoms with van der Waals surface area (Å²) in [5.74, 6) is 2.62. The van der Waals surface area contributed by atoms with Gasteiger partial charge in [0, 0.05) is 6.54 Å².